The van der Waals surface area contributed by atoms with Crippen LogP contribution >= 0.6 is 0 Å². The standard InChI is InChI=1S/C22H37N3O4/c1-15-19(16(2)29-24-15)13-25-8-7-17-10-21(27)23-11-20(26)22(3,4)14-28-9-5-6-18(17)12-25/h17-18,20,26H,5-14H2,1-4H3,(H,23,27)/t17-,18-,20?/m0/s1. The van der Waals surface area contributed by atoms with E-state index in [1.54, 1.807) is 0 Å². The van der Waals surface area contributed by atoms with E-state index >= 15 is 0 Å². The number of hydrogen-bond donors (Lipinski definition) is 2. The largest absolute Gasteiger partial charge is 0.391 e. The van der Waals surface area contributed by atoms with Crippen molar-refractivity contribution in [2.24, 2.45) is 17.3 Å². The van der Waals surface area contributed by atoms with Gasteiger partial charge in [-0.15, -0.1) is 0 Å². The van der Waals surface area contributed by atoms with Gasteiger partial charge in [-0.2, -0.15) is 0 Å². The van der Waals surface area contributed by atoms with Crippen molar-refractivity contribution in [1.82, 2.24) is 15.4 Å². The van der Waals surface area contributed by atoms with E-state index < -0.39 is 6.10 Å². The Morgan fingerprint density at radius 2 is 2.07 bits per heavy atom. The summed E-state index contributed by atoms with van der Waals surface area (Å²) >= 11 is 0. The quantitative estimate of drug-likeness (QED) is 0.783. The summed E-state index contributed by atoms with van der Waals surface area (Å²) in [5, 5.41) is 17.4. The van der Waals surface area contributed by atoms with Crippen LogP contribution in [0, 0.1) is 31.1 Å². The maximum Gasteiger partial charge on any atom is 0.220 e. The van der Waals surface area contributed by atoms with E-state index in [0.717, 1.165) is 50.4 Å². The SMILES string of the molecule is Cc1noc(C)c1CN1CC[C@H]2CC(=O)NCC(O)C(C)(C)COCCC[C@H]2C1. The van der Waals surface area contributed by atoms with Crippen molar-refractivity contribution in [3.8, 4) is 0 Å². The lowest BCUT2D eigenvalue weighted by Crippen LogP contribution is -2.44. The molecule has 2 aliphatic heterocycles. The number of likely N-dealkylation sites (tertiary alicyclic amines) is 1. The molecule has 3 rings (SSSR count). The normalized spacial score (nSPS) is 29.8. The first-order chi connectivity index (χ1) is 13.8. The summed E-state index contributed by atoms with van der Waals surface area (Å²) in [4.78, 5) is 15.0. The predicted octanol–water partition coefficient (Wildman–Crippen LogP) is 2.43. The van der Waals surface area contributed by atoms with Gasteiger partial charge in [-0.05, 0) is 51.5 Å². The Balaban J connectivity index is 1.64. The second kappa shape index (κ2) is 9.58. The Labute approximate surface area is 174 Å². The molecule has 0 aromatic carbocycles. The highest BCUT2D eigenvalue weighted by molar-refractivity contribution is 5.76. The van der Waals surface area contributed by atoms with Crippen molar-refractivity contribution < 1.29 is 19.2 Å². The van der Waals surface area contributed by atoms with E-state index in [0.29, 0.717) is 31.5 Å². The Kier molecular flexibility index (Phi) is 7.35. The van der Waals surface area contributed by atoms with Crippen LogP contribution < -0.4 is 5.32 Å². The molecule has 29 heavy (non-hydrogen) atoms. The van der Waals surface area contributed by atoms with Crippen LogP contribution in [-0.2, 0) is 16.1 Å². The van der Waals surface area contributed by atoms with Gasteiger partial charge in [-0.1, -0.05) is 19.0 Å². The minimum Gasteiger partial charge on any atom is -0.391 e. The summed E-state index contributed by atoms with van der Waals surface area (Å²) in [6.07, 6.45) is 2.97. The highest BCUT2D eigenvalue weighted by Gasteiger charge is 2.33. The zero-order chi connectivity index (χ0) is 21.0. The van der Waals surface area contributed by atoms with Crippen LogP contribution in [0.25, 0.3) is 0 Å². The topological polar surface area (TPSA) is 87.8 Å². The van der Waals surface area contributed by atoms with Gasteiger partial charge in [0, 0.05) is 43.6 Å². The lowest BCUT2D eigenvalue weighted by atomic mass is 9.80. The zero-order valence-electron chi connectivity index (χ0n) is 18.4. The van der Waals surface area contributed by atoms with E-state index in [9.17, 15) is 9.90 Å². The molecule has 3 heterocycles. The van der Waals surface area contributed by atoms with Crippen LogP contribution in [0.5, 0.6) is 0 Å². The maximum atomic E-state index is 12.5. The van der Waals surface area contributed by atoms with E-state index in [1.807, 2.05) is 27.7 Å². The number of aromatic nitrogens is 1. The fourth-order valence-electron chi connectivity index (χ4n) is 4.52. The van der Waals surface area contributed by atoms with Gasteiger partial charge < -0.3 is 19.7 Å². The monoisotopic (exact) mass is 407 g/mol. The molecule has 1 amide bonds. The number of hydrogen-bond acceptors (Lipinski definition) is 6. The minimum absolute atomic E-state index is 0.0502. The van der Waals surface area contributed by atoms with Gasteiger partial charge in [0.2, 0.25) is 5.91 Å². The highest BCUT2D eigenvalue weighted by atomic mass is 16.5. The summed E-state index contributed by atoms with van der Waals surface area (Å²) in [5.74, 6) is 1.79. The lowest BCUT2D eigenvalue weighted by Gasteiger charge is -2.38. The second-order valence-electron chi connectivity index (χ2n) is 9.55. The van der Waals surface area contributed by atoms with Gasteiger partial charge in [0.1, 0.15) is 5.76 Å². The molecule has 7 nitrogen and oxygen atoms in total. The number of nitrogens with one attached hydrogen (secondary N) is 1. The molecular formula is C22H37N3O4. The molecule has 2 saturated heterocycles. The van der Waals surface area contributed by atoms with Crippen LogP contribution in [0.2, 0.25) is 0 Å². The summed E-state index contributed by atoms with van der Waals surface area (Å²) < 4.78 is 11.2. The third-order valence-corrected chi connectivity index (χ3v) is 6.72. The predicted molar refractivity (Wildman–Crippen MR) is 110 cm³/mol. The molecule has 2 aliphatic rings. The number of carbonyl (C=O) groups excluding carboxylic acids is 1. The van der Waals surface area contributed by atoms with Gasteiger partial charge in [0.05, 0.1) is 18.4 Å². The first-order valence-corrected chi connectivity index (χ1v) is 10.9. The van der Waals surface area contributed by atoms with Gasteiger partial charge in [0.15, 0.2) is 0 Å². The number of aryl methyl sites for hydroxylation is 2. The number of piperidine rings is 1. The van der Waals surface area contributed by atoms with Crippen LogP contribution in [0.4, 0.5) is 0 Å². The number of carbonyl (C=O) groups is 1. The van der Waals surface area contributed by atoms with Gasteiger partial charge in [-0.25, -0.2) is 0 Å². The van der Waals surface area contributed by atoms with Crippen LogP contribution in [-0.4, -0.2) is 60.0 Å². The Morgan fingerprint density at radius 1 is 1.28 bits per heavy atom. The van der Waals surface area contributed by atoms with E-state index in [-0.39, 0.29) is 17.9 Å². The van der Waals surface area contributed by atoms with Crippen LogP contribution in [0.15, 0.2) is 4.52 Å². The number of aliphatic hydroxyl groups excluding tert-OH is 1. The smallest absolute Gasteiger partial charge is 0.220 e. The molecule has 0 radical (unpaired) electrons. The van der Waals surface area contributed by atoms with Crippen molar-refractivity contribution in [1.29, 1.82) is 0 Å². The number of amides is 1. The molecule has 2 fully saturated rings. The van der Waals surface area contributed by atoms with E-state index in [1.165, 1.54) is 5.56 Å². The number of ether oxygens (including phenoxy) is 1. The van der Waals surface area contributed by atoms with Crippen molar-refractivity contribution in [2.75, 3.05) is 32.8 Å². The fourth-order valence-corrected chi connectivity index (χ4v) is 4.52. The van der Waals surface area contributed by atoms with E-state index in [4.69, 9.17) is 9.26 Å². The number of aliphatic hydroxyl groups is 1. The van der Waals surface area contributed by atoms with Crippen molar-refractivity contribution in [2.45, 2.75) is 66.0 Å². The average molecular weight is 408 g/mol. The van der Waals surface area contributed by atoms with E-state index in [2.05, 4.69) is 15.4 Å². The molecule has 1 unspecified atom stereocenters. The first-order valence-electron chi connectivity index (χ1n) is 10.9. The molecule has 164 valence electrons. The van der Waals surface area contributed by atoms with Gasteiger partial charge in [0.25, 0.3) is 0 Å². The third kappa shape index (κ3) is 5.80. The number of fused-ring (bicyclic) bond motifs is 1. The molecule has 0 aliphatic carbocycles. The molecule has 3 atom stereocenters. The van der Waals surface area contributed by atoms with Crippen molar-refractivity contribution in [3.05, 3.63) is 17.0 Å². The molecule has 0 spiro atoms. The van der Waals surface area contributed by atoms with Gasteiger partial charge >= 0.3 is 0 Å². The first kappa shape index (κ1) is 22.2. The number of nitrogens with zero attached hydrogens (tertiary/aromatic N) is 2. The summed E-state index contributed by atoms with van der Waals surface area (Å²) in [5.41, 5.74) is 1.78. The summed E-state index contributed by atoms with van der Waals surface area (Å²) in [6.45, 7) is 12.2. The Morgan fingerprint density at radius 3 is 2.79 bits per heavy atom. The zero-order valence-corrected chi connectivity index (χ0v) is 18.4. The highest BCUT2D eigenvalue weighted by Crippen LogP contribution is 2.32. The maximum absolute atomic E-state index is 12.5. The molecule has 0 saturated carbocycles. The van der Waals surface area contributed by atoms with Gasteiger partial charge in [-0.3, -0.25) is 9.69 Å². The molecule has 7 heteroatoms. The number of β-amino-alcohol motifs (C(OH)–C–C–N with tert-alkyl or cyclic N) is 1. The third-order valence-electron chi connectivity index (χ3n) is 6.72. The Bertz CT molecular complexity index is 668. The van der Waals surface area contributed by atoms with Crippen molar-refractivity contribution in [3.63, 3.8) is 0 Å². The molecular weight excluding hydrogens is 370 g/mol. The molecule has 1 aromatic rings. The molecule has 1 aromatic heterocycles. The van der Waals surface area contributed by atoms with Crippen LogP contribution in [0.3, 0.4) is 0 Å². The van der Waals surface area contributed by atoms with Crippen molar-refractivity contribution >= 4 is 5.91 Å². The molecule has 0 bridgehead atoms. The molecule has 2 N–H and O–H groups in total. The summed E-state index contributed by atoms with van der Waals surface area (Å²) in [7, 11) is 0. The Hall–Kier alpha value is -1.44. The number of rotatable bonds is 2. The average Bonchev–Trinajstić information content (AvgIpc) is 2.99. The lowest BCUT2D eigenvalue weighted by molar-refractivity contribution is -0.124. The fraction of sp³-hybridized carbons (Fsp3) is 0.818. The van der Waals surface area contributed by atoms with Crippen LogP contribution in [0.1, 0.15) is 56.5 Å². The minimum atomic E-state index is -0.611. The second-order valence-corrected chi connectivity index (χ2v) is 9.55. The summed E-state index contributed by atoms with van der Waals surface area (Å²) in [6, 6.07) is 0.